The van der Waals surface area contributed by atoms with Crippen molar-refractivity contribution >= 4 is 32.9 Å². The quantitative estimate of drug-likeness (QED) is 0.864. The number of hydrogen-bond acceptors (Lipinski definition) is 3. The molecule has 0 bridgehead atoms. The van der Waals surface area contributed by atoms with Crippen molar-refractivity contribution in [2.24, 2.45) is 11.8 Å². The SMILES string of the molecule is O=C(NCC1CCCC1CBr)c1ccc2nccnc2c1. The van der Waals surface area contributed by atoms with Gasteiger partial charge in [-0.05, 0) is 42.9 Å². The van der Waals surface area contributed by atoms with E-state index < -0.39 is 0 Å². The Bertz CT molecular complexity index is 646. The lowest BCUT2D eigenvalue weighted by Crippen LogP contribution is -2.31. The lowest BCUT2D eigenvalue weighted by molar-refractivity contribution is 0.0945. The minimum absolute atomic E-state index is 0.0252. The average molecular weight is 348 g/mol. The predicted octanol–water partition coefficient (Wildman–Crippen LogP) is 3.17. The van der Waals surface area contributed by atoms with E-state index in [0.29, 0.717) is 17.4 Å². The Hall–Kier alpha value is -1.49. The molecule has 1 aromatic heterocycles. The van der Waals surface area contributed by atoms with Gasteiger partial charge in [0.25, 0.3) is 5.91 Å². The van der Waals surface area contributed by atoms with Gasteiger partial charge in [0.05, 0.1) is 11.0 Å². The van der Waals surface area contributed by atoms with Gasteiger partial charge in [0.1, 0.15) is 0 Å². The number of benzene rings is 1. The molecule has 1 fully saturated rings. The minimum Gasteiger partial charge on any atom is -0.352 e. The molecule has 1 heterocycles. The van der Waals surface area contributed by atoms with E-state index in [1.807, 2.05) is 12.1 Å². The molecule has 1 aliphatic rings. The Morgan fingerprint density at radius 1 is 1.19 bits per heavy atom. The van der Waals surface area contributed by atoms with Crippen LogP contribution in [0.15, 0.2) is 30.6 Å². The van der Waals surface area contributed by atoms with Crippen molar-refractivity contribution in [3.8, 4) is 0 Å². The lowest BCUT2D eigenvalue weighted by atomic mass is 9.98. The molecule has 2 atom stereocenters. The number of carbonyl (C=O) groups is 1. The second-order valence-electron chi connectivity index (χ2n) is 5.58. The second kappa shape index (κ2) is 6.52. The molecule has 1 aliphatic carbocycles. The molecule has 0 aliphatic heterocycles. The summed E-state index contributed by atoms with van der Waals surface area (Å²) in [7, 11) is 0. The maximum atomic E-state index is 12.3. The predicted molar refractivity (Wildman–Crippen MR) is 86.5 cm³/mol. The zero-order chi connectivity index (χ0) is 14.7. The number of hydrogen-bond donors (Lipinski definition) is 1. The normalized spacial score (nSPS) is 21.6. The zero-order valence-corrected chi connectivity index (χ0v) is 13.3. The first-order chi connectivity index (χ1) is 10.3. The van der Waals surface area contributed by atoms with Crippen LogP contribution in [0.25, 0.3) is 11.0 Å². The summed E-state index contributed by atoms with van der Waals surface area (Å²) < 4.78 is 0. The highest BCUT2D eigenvalue weighted by atomic mass is 79.9. The van der Waals surface area contributed by atoms with Crippen LogP contribution in [-0.2, 0) is 0 Å². The molecule has 0 radical (unpaired) electrons. The number of aromatic nitrogens is 2. The van der Waals surface area contributed by atoms with Gasteiger partial charge in [-0.25, -0.2) is 0 Å². The van der Waals surface area contributed by atoms with Gasteiger partial charge < -0.3 is 5.32 Å². The second-order valence-corrected chi connectivity index (χ2v) is 6.22. The molecule has 1 amide bonds. The summed E-state index contributed by atoms with van der Waals surface area (Å²) in [5.41, 5.74) is 2.21. The van der Waals surface area contributed by atoms with Crippen molar-refractivity contribution < 1.29 is 4.79 Å². The van der Waals surface area contributed by atoms with Gasteiger partial charge in [-0.1, -0.05) is 22.4 Å². The third kappa shape index (κ3) is 3.23. The van der Waals surface area contributed by atoms with E-state index >= 15 is 0 Å². The average Bonchev–Trinajstić information content (AvgIpc) is 2.99. The maximum Gasteiger partial charge on any atom is 0.251 e. The van der Waals surface area contributed by atoms with E-state index in [4.69, 9.17) is 0 Å². The van der Waals surface area contributed by atoms with Crippen molar-refractivity contribution in [2.45, 2.75) is 19.3 Å². The van der Waals surface area contributed by atoms with Crippen molar-refractivity contribution in [3.05, 3.63) is 36.2 Å². The first kappa shape index (κ1) is 14.4. The van der Waals surface area contributed by atoms with Crippen LogP contribution < -0.4 is 5.32 Å². The Balaban J connectivity index is 1.66. The number of amides is 1. The molecular weight excluding hydrogens is 330 g/mol. The van der Waals surface area contributed by atoms with Crippen LogP contribution in [0.4, 0.5) is 0 Å². The summed E-state index contributed by atoms with van der Waals surface area (Å²) in [4.78, 5) is 20.7. The Labute approximate surface area is 132 Å². The van der Waals surface area contributed by atoms with Gasteiger partial charge in [-0.15, -0.1) is 0 Å². The molecule has 2 unspecified atom stereocenters. The van der Waals surface area contributed by atoms with E-state index in [2.05, 4.69) is 31.2 Å². The fourth-order valence-corrected chi connectivity index (χ4v) is 3.87. The molecule has 0 saturated heterocycles. The molecule has 3 rings (SSSR count). The van der Waals surface area contributed by atoms with Gasteiger partial charge in [-0.3, -0.25) is 14.8 Å². The highest BCUT2D eigenvalue weighted by Gasteiger charge is 2.26. The van der Waals surface area contributed by atoms with Gasteiger partial charge >= 0.3 is 0 Å². The summed E-state index contributed by atoms with van der Waals surface area (Å²) in [5, 5.41) is 4.09. The number of nitrogens with zero attached hydrogens (tertiary/aromatic N) is 2. The molecule has 1 aromatic carbocycles. The van der Waals surface area contributed by atoms with Crippen molar-refractivity contribution in [3.63, 3.8) is 0 Å². The fourth-order valence-electron chi connectivity index (χ4n) is 3.02. The molecule has 2 aromatic rings. The van der Waals surface area contributed by atoms with E-state index in [0.717, 1.165) is 22.9 Å². The molecule has 5 heteroatoms. The number of carbonyl (C=O) groups excluding carboxylic acids is 1. The topological polar surface area (TPSA) is 54.9 Å². The molecule has 1 saturated carbocycles. The minimum atomic E-state index is -0.0252. The molecule has 110 valence electrons. The first-order valence-electron chi connectivity index (χ1n) is 7.33. The first-order valence-corrected chi connectivity index (χ1v) is 8.45. The van der Waals surface area contributed by atoms with Crippen LogP contribution in [0.5, 0.6) is 0 Å². The zero-order valence-electron chi connectivity index (χ0n) is 11.8. The van der Waals surface area contributed by atoms with E-state index in [1.54, 1.807) is 18.5 Å². The third-order valence-corrected chi connectivity index (χ3v) is 5.10. The highest BCUT2D eigenvalue weighted by Crippen LogP contribution is 2.32. The van der Waals surface area contributed by atoms with Gasteiger partial charge in [0, 0.05) is 29.8 Å². The van der Waals surface area contributed by atoms with Crippen LogP contribution in [0, 0.1) is 11.8 Å². The van der Waals surface area contributed by atoms with Crippen LogP contribution in [0.3, 0.4) is 0 Å². The van der Waals surface area contributed by atoms with Crippen LogP contribution in [-0.4, -0.2) is 27.7 Å². The third-order valence-electron chi connectivity index (χ3n) is 4.27. The number of nitrogens with one attached hydrogen (secondary N) is 1. The monoisotopic (exact) mass is 347 g/mol. The standard InChI is InChI=1S/C16H18BrN3O/c17-9-12-2-1-3-13(12)10-20-16(21)11-4-5-14-15(8-11)19-7-6-18-14/h4-8,12-13H,1-3,9-10H2,(H,20,21). The van der Waals surface area contributed by atoms with Crippen molar-refractivity contribution in [1.29, 1.82) is 0 Å². The summed E-state index contributed by atoms with van der Waals surface area (Å²) in [6.07, 6.45) is 7.03. The summed E-state index contributed by atoms with van der Waals surface area (Å²) >= 11 is 3.57. The molecular formula is C16H18BrN3O. The largest absolute Gasteiger partial charge is 0.352 e. The van der Waals surface area contributed by atoms with Crippen LogP contribution >= 0.6 is 15.9 Å². The summed E-state index contributed by atoms with van der Waals surface area (Å²) in [6.45, 7) is 0.758. The molecule has 4 nitrogen and oxygen atoms in total. The van der Waals surface area contributed by atoms with E-state index in [1.165, 1.54) is 19.3 Å². The van der Waals surface area contributed by atoms with Crippen molar-refractivity contribution in [1.82, 2.24) is 15.3 Å². The lowest BCUT2D eigenvalue weighted by Gasteiger charge is -2.17. The Morgan fingerprint density at radius 2 is 1.95 bits per heavy atom. The smallest absolute Gasteiger partial charge is 0.251 e. The van der Waals surface area contributed by atoms with Crippen LogP contribution in [0.1, 0.15) is 29.6 Å². The molecule has 21 heavy (non-hydrogen) atoms. The van der Waals surface area contributed by atoms with Crippen molar-refractivity contribution in [2.75, 3.05) is 11.9 Å². The number of alkyl halides is 1. The summed E-state index contributed by atoms with van der Waals surface area (Å²) in [6, 6.07) is 5.45. The molecule has 0 spiro atoms. The van der Waals surface area contributed by atoms with Gasteiger partial charge in [-0.2, -0.15) is 0 Å². The van der Waals surface area contributed by atoms with E-state index in [9.17, 15) is 4.79 Å². The maximum absolute atomic E-state index is 12.3. The van der Waals surface area contributed by atoms with E-state index in [-0.39, 0.29) is 5.91 Å². The highest BCUT2D eigenvalue weighted by molar-refractivity contribution is 9.09. The van der Waals surface area contributed by atoms with Gasteiger partial charge in [0.2, 0.25) is 0 Å². The number of halogens is 1. The Morgan fingerprint density at radius 3 is 2.76 bits per heavy atom. The Kier molecular flexibility index (Phi) is 4.48. The van der Waals surface area contributed by atoms with Gasteiger partial charge in [0.15, 0.2) is 0 Å². The number of rotatable bonds is 4. The fraction of sp³-hybridized carbons (Fsp3) is 0.438. The summed E-state index contributed by atoms with van der Waals surface area (Å²) in [5.74, 6) is 1.25. The number of fused-ring (bicyclic) bond motifs is 1. The van der Waals surface area contributed by atoms with Crippen LogP contribution in [0.2, 0.25) is 0 Å². The molecule has 1 N–H and O–H groups in total.